The second-order valence-electron chi connectivity index (χ2n) is 7.40. The van der Waals surface area contributed by atoms with Gasteiger partial charge in [-0.2, -0.15) is 0 Å². The summed E-state index contributed by atoms with van der Waals surface area (Å²) >= 11 is 1.72. The zero-order valence-corrected chi connectivity index (χ0v) is 18.8. The Morgan fingerprint density at radius 1 is 0.750 bits per heavy atom. The van der Waals surface area contributed by atoms with Crippen LogP contribution in [0.4, 0.5) is 0 Å². The minimum Gasteiger partial charge on any atom is -1.00 e. The predicted octanol–water partition coefficient (Wildman–Crippen LogP) is 6.61. The van der Waals surface area contributed by atoms with Crippen molar-refractivity contribution in [3.8, 4) is 0 Å². The molecule has 1 heterocycles. The van der Waals surface area contributed by atoms with Gasteiger partial charge in [0.15, 0.2) is 0 Å². The molecule has 2 unspecified atom stereocenters. The van der Waals surface area contributed by atoms with Crippen LogP contribution >= 0.6 is 11.8 Å². The van der Waals surface area contributed by atoms with Gasteiger partial charge in [0.1, 0.15) is 4.93 Å². The molecule has 0 spiro atoms. The quantitative estimate of drug-likeness (QED) is 0.208. The molecule has 136 valence electrons. The van der Waals surface area contributed by atoms with E-state index in [-0.39, 0.29) is 45.3 Å². The fourth-order valence-corrected chi connectivity index (χ4v) is 4.98. The molecule has 2 atom stereocenters. The van der Waals surface area contributed by atoms with Gasteiger partial charge in [-0.05, 0) is 12.5 Å². The molecule has 0 radical (unpaired) electrons. The van der Waals surface area contributed by atoms with Crippen LogP contribution in [0.2, 0.25) is 0 Å². The van der Waals surface area contributed by atoms with Gasteiger partial charge in [-0.3, -0.25) is 0 Å². The normalized spacial score (nSPS) is 26.9. The van der Waals surface area contributed by atoms with Gasteiger partial charge in [-0.1, -0.05) is 109 Å². The summed E-state index contributed by atoms with van der Waals surface area (Å²) in [4.78, 5) is -0.571. The van der Waals surface area contributed by atoms with Gasteiger partial charge < -0.3 is 7.96 Å². The summed E-state index contributed by atoms with van der Waals surface area (Å²) < 4.78 is 0.0273. The van der Waals surface area contributed by atoms with E-state index >= 15 is 0 Å². The van der Waals surface area contributed by atoms with E-state index in [1.54, 1.807) is 11.8 Å². The number of aliphatic hydroxyl groups is 1. The molecular weight excluding hydrogens is 340 g/mol. The van der Waals surface area contributed by atoms with E-state index in [4.69, 9.17) is 0 Å². The summed E-state index contributed by atoms with van der Waals surface area (Å²) in [6.45, 7) is 2.28. The van der Waals surface area contributed by atoms with Gasteiger partial charge >= 0.3 is 37.7 Å². The standard InChI is InChI=1S/C21H36OS.Ca.2H/c1-2-3-4-5-6-7-8-9-10-11-12-13-14-17-20-18-15-16-19-21(20,22)23-20;;;/h15-16,18-19,22H,2-14,17H2,1H3;;;/q;+2;2*-1. The van der Waals surface area contributed by atoms with Gasteiger partial charge in [0.25, 0.3) is 0 Å². The molecule has 1 aliphatic heterocycles. The average Bonchev–Trinajstić information content (AvgIpc) is 3.18. The molecule has 1 fully saturated rings. The molecule has 0 aromatic heterocycles. The molecular formula is C21H38CaOS. The number of hydrogen-bond acceptors (Lipinski definition) is 2. The van der Waals surface area contributed by atoms with E-state index in [9.17, 15) is 5.11 Å². The summed E-state index contributed by atoms with van der Waals surface area (Å²) in [5.41, 5.74) is 0. The Balaban J connectivity index is 0. The Bertz CT molecular complexity index is 405. The molecule has 0 saturated carbocycles. The van der Waals surface area contributed by atoms with Crippen molar-refractivity contribution in [1.82, 2.24) is 0 Å². The number of unbranched alkanes of at least 4 members (excludes halogenated alkanes) is 12. The average molecular weight is 379 g/mol. The molecule has 0 bridgehead atoms. The van der Waals surface area contributed by atoms with Crippen LogP contribution in [0, 0.1) is 0 Å². The summed E-state index contributed by atoms with van der Waals surface area (Å²) in [6.07, 6.45) is 27.6. The molecule has 1 aliphatic carbocycles. The van der Waals surface area contributed by atoms with Crippen LogP contribution in [0.3, 0.4) is 0 Å². The van der Waals surface area contributed by atoms with E-state index < -0.39 is 4.93 Å². The number of rotatable bonds is 14. The van der Waals surface area contributed by atoms with E-state index in [0.29, 0.717) is 0 Å². The minimum absolute atomic E-state index is 0. The van der Waals surface area contributed by atoms with Crippen molar-refractivity contribution in [2.45, 2.75) is 106 Å². The Kier molecular flexibility index (Phi) is 12.0. The molecule has 1 nitrogen and oxygen atoms in total. The maximum absolute atomic E-state index is 10.3. The van der Waals surface area contributed by atoms with E-state index in [1.807, 2.05) is 12.2 Å². The van der Waals surface area contributed by atoms with Gasteiger partial charge in [0, 0.05) is 0 Å². The first kappa shape index (κ1) is 23.1. The Morgan fingerprint density at radius 2 is 1.21 bits per heavy atom. The van der Waals surface area contributed by atoms with E-state index in [1.165, 1.54) is 83.5 Å². The Morgan fingerprint density at radius 3 is 1.71 bits per heavy atom. The smallest absolute Gasteiger partial charge is 1.00 e. The van der Waals surface area contributed by atoms with Crippen molar-refractivity contribution in [1.29, 1.82) is 0 Å². The maximum atomic E-state index is 10.3. The third kappa shape index (κ3) is 7.35. The SMILES string of the molecule is CCCCCCCCCCCCCCCC12C=CC=CC1(O)S2.[Ca+2].[H-].[H-]. The molecule has 0 amide bonds. The largest absolute Gasteiger partial charge is 2.00 e. The minimum atomic E-state index is -0.571. The first-order chi connectivity index (χ1) is 11.2. The molecule has 1 N–H and O–H groups in total. The van der Waals surface area contributed by atoms with Crippen LogP contribution in [-0.2, 0) is 0 Å². The number of fused-ring (bicyclic) bond motifs is 1. The maximum Gasteiger partial charge on any atom is 2.00 e. The molecule has 24 heavy (non-hydrogen) atoms. The van der Waals surface area contributed by atoms with Crippen molar-refractivity contribution in [2.24, 2.45) is 0 Å². The van der Waals surface area contributed by atoms with Crippen molar-refractivity contribution in [3.63, 3.8) is 0 Å². The molecule has 2 aliphatic rings. The Hall–Kier alpha value is 1.05. The first-order valence-electron chi connectivity index (χ1n) is 10.0. The van der Waals surface area contributed by atoms with Crippen molar-refractivity contribution in [2.75, 3.05) is 0 Å². The molecule has 2 rings (SSSR count). The molecule has 0 aromatic carbocycles. The summed E-state index contributed by atoms with van der Waals surface area (Å²) in [6, 6.07) is 0. The van der Waals surface area contributed by atoms with Gasteiger partial charge in [0.2, 0.25) is 0 Å². The third-order valence-electron chi connectivity index (χ3n) is 5.35. The fraction of sp³-hybridized carbons (Fsp3) is 0.810. The van der Waals surface area contributed by atoms with Gasteiger partial charge in [-0.15, -0.1) is 11.8 Å². The number of hydrogen-bond donors (Lipinski definition) is 1. The van der Waals surface area contributed by atoms with Crippen molar-refractivity contribution < 1.29 is 7.96 Å². The molecule has 1 saturated heterocycles. The predicted molar refractivity (Wildman–Crippen MR) is 112 cm³/mol. The second-order valence-corrected chi connectivity index (χ2v) is 8.95. The summed E-state index contributed by atoms with van der Waals surface area (Å²) in [5.74, 6) is 0. The van der Waals surface area contributed by atoms with Gasteiger partial charge in [0.05, 0.1) is 4.75 Å². The van der Waals surface area contributed by atoms with Crippen LogP contribution in [0.5, 0.6) is 0 Å². The second kappa shape index (κ2) is 12.4. The topological polar surface area (TPSA) is 20.2 Å². The fourth-order valence-electron chi connectivity index (χ4n) is 3.70. The van der Waals surface area contributed by atoms with E-state index in [2.05, 4.69) is 19.1 Å². The van der Waals surface area contributed by atoms with Crippen LogP contribution in [0.1, 0.15) is 99.7 Å². The van der Waals surface area contributed by atoms with Crippen LogP contribution in [-0.4, -0.2) is 52.5 Å². The summed E-state index contributed by atoms with van der Waals surface area (Å²) in [7, 11) is 0. The monoisotopic (exact) mass is 378 g/mol. The number of thioether (sulfide) groups is 1. The van der Waals surface area contributed by atoms with Crippen LogP contribution in [0.15, 0.2) is 24.3 Å². The van der Waals surface area contributed by atoms with Crippen molar-refractivity contribution >= 4 is 49.5 Å². The zero-order valence-electron chi connectivity index (χ0n) is 17.8. The van der Waals surface area contributed by atoms with E-state index in [0.717, 1.165) is 6.42 Å². The molecule has 3 heteroatoms. The van der Waals surface area contributed by atoms with Crippen molar-refractivity contribution in [3.05, 3.63) is 24.3 Å². The zero-order chi connectivity index (χ0) is 16.4. The van der Waals surface area contributed by atoms with Crippen LogP contribution < -0.4 is 0 Å². The third-order valence-corrected chi connectivity index (χ3v) is 6.98. The first-order valence-corrected chi connectivity index (χ1v) is 10.8. The number of allylic oxidation sites excluding steroid dienone is 2. The summed E-state index contributed by atoms with van der Waals surface area (Å²) in [5, 5.41) is 10.3. The molecule has 0 aromatic rings. The van der Waals surface area contributed by atoms with Crippen LogP contribution in [0.25, 0.3) is 0 Å². The Labute approximate surface area is 187 Å². The van der Waals surface area contributed by atoms with Gasteiger partial charge in [-0.25, -0.2) is 0 Å².